The van der Waals surface area contributed by atoms with Crippen molar-refractivity contribution < 1.29 is 19.1 Å². The molecule has 1 aliphatic heterocycles. The number of nitrogens with one attached hydrogen (secondary N) is 1. The van der Waals surface area contributed by atoms with Crippen molar-refractivity contribution in [1.82, 2.24) is 0 Å². The third kappa shape index (κ3) is 3.28. The minimum Gasteiger partial charge on any atom is -0.497 e. The number of methoxy groups -OCH3 is 2. The molecule has 0 atom stereocenters. The lowest BCUT2D eigenvalue weighted by molar-refractivity contribution is -0.112. The van der Waals surface area contributed by atoms with E-state index < -0.39 is 5.97 Å². The van der Waals surface area contributed by atoms with Crippen LogP contribution in [0.2, 0.25) is 0 Å². The fourth-order valence-corrected chi connectivity index (χ4v) is 3.22. The van der Waals surface area contributed by atoms with Crippen LogP contribution >= 0.6 is 11.8 Å². The summed E-state index contributed by atoms with van der Waals surface area (Å²) in [5.74, 6) is 0.0841. The number of carbonyl (C=O) groups is 2. The Hall–Kier alpha value is -2.73. The van der Waals surface area contributed by atoms with Gasteiger partial charge in [0.1, 0.15) is 5.75 Å². The highest BCUT2D eigenvalue weighted by Crippen LogP contribution is 2.39. The van der Waals surface area contributed by atoms with E-state index in [4.69, 9.17) is 9.47 Å². The molecule has 0 fully saturated rings. The molecule has 24 heavy (non-hydrogen) atoms. The average molecular weight is 341 g/mol. The Morgan fingerprint density at radius 3 is 2.75 bits per heavy atom. The molecule has 1 N–H and O–H groups in total. The first-order valence-corrected chi connectivity index (χ1v) is 7.99. The number of hydrogen-bond acceptors (Lipinski definition) is 5. The zero-order valence-electron chi connectivity index (χ0n) is 13.2. The van der Waals surface area contributed by atoms with Gasteiger partial charge in [0.15, 0.2) is 0 Å². The van der Waals surface area contributed by atoms with E-state index in [0.717, 1.165) is 16.2 Å². The number of rotatable bonds is 3. The monoisotopic (exact) mass is 341 g/mol. The molecule has 2 aromatic carbocycles. The van der Waals surface area contributed by atoms with Gasteiger partial charge in [0.05, 0.1) is 30.4 Å². The van der Waals surface area contributed by atoms with E-state index in [0.29, 0.717) is 16.2 Å². The van der Waals surface area contributed by atoms with Crippen molar-refractivity contribution in [3.63, 3.8) is 0 Å². The van der Waals surface area contributed by atoms with Gasteiger partial charge in [-0.2, -0.15) is 0 Å². The summed E-state index contributed by atoms with van der Waals surface area (Å²) in [6, 6.07) is 12.6. The van der Waals surface area contributed by atoms with Crippen LogP contribution in [0.15, 0.2) is 52.3 Å². The van der Waals surface area contributed by atoms with Gasteiger partial charge in [-0.25, -0.2) is 4.79 Å². The number of thioether (sulfide) groups is 1. The molecule has 0 aliphatic carbocycles. The molecule has 0 saturated heterocycles. The maximum absolute atomic E-state index is 12.3. The van der Waals surface area contributed by atoms with Crippen LogP contribution in [0.25, 0.3) is 6.08 Å². The van der Waals surface area contributed by atoms with E-state index >= 15 is 0 Å². The van der Waals surface area contributed by atoms with E-state index in [2.05, 4.69) is 5.32 Å². The van der Waals surface area contributed by atoms with Crippen molar-refractivity contribution in [2.45, 2.75) is 4.90 Å². The lowest BCUT2D eigenvalue weighted by Crippen LogP contribution is -2.18. The normalized spacial score (nSPS) is 14.8. The zero-order chi connectivity index (χ0) is 17.1. The molecular formula is C18H15NO4S. The van der Waals surface area contributed by atoms with E-state index in [-0.39, 0.29) is 5.91 Å². The second kappa shape index (κ2) is 6.80. The molecule has 0 spiro atoms. The molecule has 1 aliphatic rings. The molecule has 1 amide bonds. The molecule has 0 bridgehead atoms. The first kappa shape index (κ1) is 16.1. The van der Waals surface area contributed by atoms with Crippen LogP contribution in [0.3, 0.4) is 0 Å². The Morgan fingerprint density at radius 1 is 1.17 bits per heavy atom. The second-order valence-corrected chi connectivity index (χ2v) is 6.13. The number of amides is 1. The Morgan fingerprint density at radius 2 is 2.00 bits per heavy atom. The first-order chi connectivity index (χ1) is 11.6. The standard InChI is InChI=1S/C18H15NO4S/c1-22-13-5-3-4-11(8-13)9-16-17(20)19-14-10-12(18(21)23-2)6-7-15(14)24-16/h3-10H,1-2H3,(H,19,20)/b16-9+. The summed E-state index contributed by atoms with van der Waals surface area (Å²) in [6.07, 6.45) is 1.81. The molecule has 5 nitrogen and oxygen atoms in total. The lowest BCUT2D eigenvalue weighted by Gasteiger charge is -2.19. The lowest BCUT2D eigenvalue weighted by atomic mass is 10.2. The Bertz CT molecular complexity index is 845. The highest BCUT2D eigenvalue weighted by atomic mass is 32.2. The van der Waals surface area contributed by atoms with Gasteiger partial charge in [0.25, 0.3) is 5.91 Å². The summed E-state index contributed by atoms with van der Waals surface area (Å²) in [6.45, 7) is 0. The number of carbonyl (C=O) groups excluding carboxylic acids is 2. The van der Waals surface area contributed by atoms with Crippen LogP contribution in [-0.4, -0.2) is 26.1 Å². The molecule has 0 saturated carbocycles. The molecule has 122 valence electrons. The second-order valence-electron chi connectivity index (χ2n) is 5.04. The van der Waals surface area contributed by atoms with Gasteiger partial charge in [-0.15, -0.1) is 0 Å². The fraction of sp³-hybridized carbons (Fsp3) is 0.111. The Labute approximate surface area is 143 Å². The van der Waals surface area contributed by atoms with Crippen LogP contribution in [-0.2, 0) is 9.53 Å². The largest absolute Gasteiger partial charge is 0.497 e. The highest BCUT2D eigenvalue weighted by molar-refractivity contribution is 8.04. The van der Waals surface area contributed by atoms with Gasteiger partial charge in [-0.3, -0.25) is 4.79 Å². The van der Waals surface area contributed by atoms with Crippen molar-refractivity contribution in [2.75, 3.05) is 19.5 Å². The molecule has 6 heteroatoms. The van der Waals surface area contributed by atoms with Crippen molar-refractivity contribution in [1.29, 1.82) is 0 Å². The number of hydrogen-bond donors (Lipinski definition) is 1. The Kier molecular flexibility index (Phi) is 4.57. The molecule has 0 radical (unpaired) electrons. The predicted octanol–water partition coefficient (Wildman–Crippen LogP) is 3.57. The van der Waals surface area contributed by atoms with Crippen LogP contribution < -0.4 is 10.1 Å². The SMILES string of the molecule is COC(=O)c1ccc2c(c1)NC(=O)/C(=C\c1cccc(OC)c1)S2. The molecule has 3 rings (SSSR count). The number of anilines is 1. The first-order valence-electron chi connectivity index (χ1n) is 7.18. The van der Waals surface area contributed by atoms with E-state index in [1.54, 1.807) is 31.4 Å². The summed E-state index contributed by atoms with van der Waals surface area (Å²) in [4.78, 5) is 25.3. The molecule has 0 aromatic heterocycles. The quantitative estimate of drug-likeness (QED) is 0.683. The smallest absolute Gasteiger partial charge is 0.337 e. The van der Waals surface area contributed by atoms with Crippen molar-refractivity contribution in [2.24, 2.45) is 0 Å². The molecule has 1 heterocycles. The topological polar surface area (TPSA) is 64.6 Å². The maximum Gasteiger partial charge on any atom is 0.337 e. The van der Waals surface area contributed by atoms with Crippen LogP contribution in [0.5, 0.6) is 5.75 Å². The van der Waals surface area contributed by atoms with Gasteiger partial charge in [0, 0.05) is 4.90 Å². The number of esters is 1. The van der Waals surface area contributed by atoms with E-state index in [9.17, 15) is 9.59 Å². The third-order valence-electron chi connectivity index (χ3n) is 3.48. The third-order valence-corrected chi connectivity index (χ3v) is 4.58. The van der Waals surface area contributed by atoms with E-state index in [1.165, 1.54) is 18.9 Å². The molecule has 2 aromatic rings. The summed E-state index contributed by atoms with van der Waals surface area (Å²) in [5, 5.41) is 2.81. The van der Waals surface area contributed by atoms with E-state index in [1.807, 2.05) is 24.3 Å². The zero-order valence-corrected chi connectivity index (χ0v) is 14.0. The number of fused-ring (bicyclic) bond motifs is 1. The minimum atomic E-state index is -0.435. The summed E-state index contributed by atoms with van der Waals surface area (Å²) < 4.78 is 9.89. The fourth-order valence-electron chi connectivity index (χ4n) is 2.29. The average Bonchev–Trinajstić information content (AvgIpc) is 2.61. The van der Waals surface area contributed by atoms with Crippen LogP contribution in [0.1, 0.15) is 15.9 Å². The van der Waals surface area contributed by atoms with Gasteiger partial charge in [-0.1, -0.05) is 23.9 Å². The molecular weight excluding hydrogens is 326 g/mol. The van der Waals surface area contributed by atoms with Gasteiger partial charge >= 0.3 is 5.97 Å². The number of ether oxygens (including phenoxy) is 2. The Balaban J connectivity index is 1.90. The van der Waals surface area contributed by atoms with Crippen LogP contribution in [0, 0.1) is 0 Å². The summed E-state index contributed by atoms with van der Waals surface area (Å²) in [7, 11) is 2.92. The van der Waals surface area contributed by atoms with Crippen molar-refractivity contribution in [3.8, 4) is 5.75 Å². The number of benzene rings is 2. The van der Waals surface area contributed by atoms with Crippen LogP contribution in [0.4, 0.5) is 5.69 Å². The van der Waals surface area contributed by atoms with Crippen molar-refractivity contribution in [3.05, 3.63) is 58.5 Å². The van der Waals surface area contributed by atoms with Gasteiger partial charge in [0.2, 0.25) is 0 Å². The summed E-state index contributed by atoms with van der Waals surface area (Å²) >= 11 is 1.36. The molecule has 0 unspecified atom stereocenters. The highest BCUT2D eigenvalue weighted by Gasteiger charge is 2.22. The van der Waals surface area contributed by atoms with Crippen molar-refractivity contribution >= 4 is 35.4 Å². The maximum atomic E-state index is 12.3. The summed E-state index contributed by atoms with van der Waals surface area (Å²) in [5.41, 5.74) is 1.88. The van der Waals surface area contributed by atoms with Gasteiger partial charge in [-0.05, 0) is 42.0 Å². The predicted molar refractivity (Wildman–Crippen MR) is 93.2 cm³/mol. The van der Waals surface area contributed by atoms with Gasteiger partial charge < -0.3 is 14.8 Å². The minimum absolute atomic E-state index is 0.211.